The Labute approximate surface area is 122 Å². The Morgan fingerprint density at radius 2 is 2.05 bits per heavy atom. The minimum Gasteiger partial charge on any atom is -0.326 e. The van der Waals surface area contributed by atoms with E-state index in [1.54, 1.807) is 0 Å². The van der Waals surface area contributed by atoms with Gasteiger partial charge in [-0.25, -0.2) is 0 Å². The monoisotopic (exact) mass is 286 g/mol. The van der Waals surface area contributed by atoms with E-state index in [2.05, 4.69) is 37.2 Å². The molecule has 1 rings (SSSR count). The summed E-state index contributed by atoms with van der Waals surface area (Å²) in [7, 11) is 0. The van der Waals surface area contributed by atoms with Gasteiger partial charge in [0.25, 0.3) is 0 Å². The SMILES string of the molecule is CCC(C)C1NC(CC)N(CCCCCSC)C1=O. The molecule has 1 saturated heterocycles. The number of rotatable bonds is 9. The lowest BCUT2D eigenvalue weighted by Crippen LogP contribution is -2.37. The van der Waals surface area contributed by atoms with Crippen molar-refractivity contribution in [3.8, 4) is 0 Å². The van der Waals surface area contributed by atoms with Gasteiger partial charge >= 0.3 is 0 Å². The van der Waals surface area contributed by atoms with Crippen LogP contribution in [0, 0.1) is 5.92 Å². The Morgan fingerprint density at radius 1 is 1.32 bits per heavy atom. The molecule has 1 N–H and O–H groups in total. The predicted molar refractivity (Wildman–Crippen MR) is 84.4 cm³/mol. The zero-order chi connectivity index (χ0) is 14.3. The maximum Gasteiger partial charge on any atom is 0.241 e. The Kier molecular flexibility index (Phi) is 7.84. The molecule has 0 aromatic heterocycles. The van der Waals surface area contributed by atoms with E-state index in [4.69, 9.17) is 0 Å². The molecule has 3 unspecified atom stereocenters. The molecule has 1 aliphatic heterocycles. The molecular weight excluding hydrogens is 256 g/mol. The molecule has 3 nitrogen and oxygen atoms in total. The molecule has 112 valence electrons. The number of thioether (sulfide) groups is 1. The number of hydrogen-bond acceptors (Lipinski definition) is 3. The van der Waals surface area contributed by atoms with Crippen LogP contribution in [0.3, 0.4) is 0 Å². The summed E-state index contributed by atoms with van der Waals surface area (Å²) in [6, 6.07) is 0.0427. The number of carbonyl (C=O) groups is 1. The van der Waals surface area contributed by atoms with Gasteiger partial charge in [0.1, 0.15) is 0 Å². The fourth-order valence-corrected chi connectivity index (χ4v) is 3.15. The number of hydrogen-bond donors (Lipinski definition) is 1. The van der Waals surface area contributed by atoms with Crippen LogP contribution in [0.1, 0.15) is 52.9 Å². The van der Waals surface area contributed by atoms with E-state index in [1.165, 1.54) is 18.6 Å². The van der Waals surface area contributed by atoms with Gasteiger partial charge in [-0.2, -0.15) is 11.8 Å². The van der Waals surface area contributed by atoms with Crippen molar-refractivity contribution in [3.63, 3.8) is 0 Å². The van der Waals surface area contributed by atoms with E-state index < -0.39 is 0 Å². The van der Waals surface area contributed by atoms with Crippen LogP contribution in [0.2, 0.25) is 0 Å². The van der Waals surface area contributed by atoms with Gasteiger partial charge in [0.2, 0.25) is 5.91 Å². The molecule has 0 aliphatic carbocycles. The second-order valence-electron chi connectivity index (χ2n) is 5.54. The zero-order valence-electron chi connectivity index (χ0n) is 12.9. The van der Waals surface area contributed by atoms with Crippen molar-refractivity contribution >= 4 is 17.7 Å². The minimum atomic E-state index is 0.0427. The maximum atomic E-state index is 12.5. The third-order valence-corrected chi connectivity index (χ3v) is 4.84. The first-order valence-electron chi connectivity index (χ1n) is 7.71. The Balaban J connectivity index is 2.44. The summed E-state index contributed by atoms with van der Waals surface area (Å²) in [6.07, 6.45) is 8.10. The molecule has 0 radical (unpaired) electrons. The van der Waals surface area contributed by atoms with Crippen molar-refractivity contribution in [2.24, 2.45) is 5.92 Å². The van der Waals surface area contributed by atoms with E-state index in [0.29, 0.717) is 11.8 Å². The van der Waals surface area contributed by atoms with Gasteiger partial charge in [-0.15, -0.1) is 0 Å². The summed E-state index contributed by atoms with van der Waals surface area (Å²) in [5, 5.41) is 3.52. The van der Waals surface area contributed by atoms with Crippen LogP contribution in [0.15, 0.2) is 0 Å². The highest BCUT2D eigenvalue weighted by Gasteiger charge is 2.39. The van der Waals surface area contributed by atoms with Crippen molar-refractivity contribution in [2.75, 3.05) is 18.6 Å². The summed E-state index contributed by atoms with van der Waals surface area (Å²) < 4.78 is 0. The largest absolute Gasteiger partial charge is 0.326 e. The van der Waals surface area contributed by atoms with Gasteiger partial charge in [0, 0.05) is 6.54 Å². The molecule has 0 aromatic rings. The standard InChI is InChI=1S/C15H30N2OS/c1-5-12(3)14-15(18)17(13(6-2)16-14)10-8-7-9-11-19-4/h12-14,16H,5-11H2,1-4H3. The average Bonchev–Trinajstić information content (AvgIpc) is 2.74. The summed E-state index contributed by atoms with van der Waals surface area (Å²) in [6.45, 7) is 7.41. The van der Waals surface area contributed by atoms with Crippen LogP contribution in [0.25, 0.3) is 0 Å². The van der Waals surface area contributed by atoms with Crippen molar-refractivity contribution in [1.29, 1.82) is 0 Å². The highest BCUT2D eigenvalue weighted by Crippen LogP contribution is 2.21. The smallest absolute Gasteiger partial charge is 0.241 e. The molecule has 0 bridgehead atoms. The van der Waals surface area contributed by atoms with Crippen LogP contribution in [0.4, 0.5) is 0 Å². The van der Waals surface area contributed by atoms with Gasteiger partial charge < -0.3 is 4.90 Å². The summed E-state index contributed by atoms with van der Waals surface area (Å²) >= 11 is 1.90. The summed E-state index contributed by atoms with van der Waals surface area (Å²) in [5.74, 6) is 1.99. The second kappa shape index (κ2) is 8.85. The quantitative estimate of drug-likeness (QED) is 0.661. The molecule has 1 aliphatic rings. The first-order chi connectivity index (χ1) is 9.15. The number of unbranched alkanes of at least 4 members (excludes halogenated alkanes) is 2. The fraction of sp³-hybridized carbons (Fsp3) is 0.933. The maximum absolute atomic E-state index is 12.5. The number of amides is 1. The van der Waals surface area contributed by atoms with Crippen molar-refractivity contribution in [3.05, 3.63) is 0 Å². The van der Waals surface area contributed by atoms with Gasteiger partial charge in [0.05, 0.1) is 12.2 Å². The summed E-state index contributed by atoms with van der Waals surface area (Å²) in [5.41, 5.74) is 0. The molecule has 1 heterocycles. The van der Waals surface area contributed by atoms with Crippen LogP contribution < -0.4 is 5.32 Å². The van der Waals surface area contributed by atoms with Crippen molar-refractivity contribution in [2.45, 2.75) is 65.1 Å². The summed E-state index contributed by atoms with van der Waals surface area (Å²) in [4.78, 5) is 14.5. The number of nitrogens with one attached hydrogen (secondary N) is 1. The van der Waals surface area contributed by atoms with E-state index >= 15 is 0 Å². The molecule has 0 saturated carbocycles. The number of nitrogens with zero attached hydrogens (tertiary/aromatic N) is 1. The van der Waals surface area contributed by atoms with Gasteiger partial charge in [0.15, 0.2) is 0 Å². The molecular formula is C15H30N2OS. The molecule has 19 heavy (non-hydrogen) atoms. The minimum absolute atomic E-state index is 0.0427. The Bertz CT molecular complexity index is 273. The van der Waals surface area contributed by atoms with E-state index in [1.807, 2.05) is 11.8 Å². The Hall–Kier alpha value is -0.220. The molecule has 3 atom stereocenters. The lowest BCUT2D eigenvalue weighted by atomic mass is 9.99. The van der Waals surface area contributed by atoms with Gasteiger partial charge in [-0.1, -0.05) is 33.6 Å². The van der Waals surface area contributed by atoms with E-state index in [-0.39, 0.29) is 12.2 Å². The average molecular weight is 286 g/mol. The number of carbonyl (C=O) groups excluding carboxylic acids is 1. The van der Waals surface area contributed by atoms with Crippen LogP contribution >= 0.6 is 11.8 Å². The third-order valence-electron chi connectivity index (χ3n) is 4.14. The first-order valence-corrected chi connectivity index (χ1v) is 9.10. The van der Waals surface area contributed by atoms with Crippen molar-refractivity contribution < 1.29 is 4.79 Å². The zero-order valence-corrected chi connectivity index (χ0v) is 13.8. The lowest BCUT2D eigenvalue weighted by molar-refractivity contribution is -0.131. The van der Waals surface area contributed by atoms with Crippen LogP contribution in [-0.4, -0.2) is 41.6 Å². The second-order valence-corrected chi connectivity index (χ2v) is 6.52. The molecule has 1 fully saturated rings. The molecule has 0 aromatic carbocycles. The fourth-order valence-electron chi connectivity index (χ4n) is 2.65. The third kappa shape index (κ3) is 4.67. The predicted octanol–water partition coefficient (Wildman–Crippen LogP) is 3.10. The Morgan fingerprint density at radius 3 is 2.63 bits per heavy atom. The van der Waals surface area contributed by atoms with Gasteiger partial charge in [-0.05, 0) is 37.2 Å². The van der Waals surface area contributed by atoms with Crippen molar-refractivity contribution in [1.82, 2.24) is 10.2 Å². The first kappa shape index (κ1) is 16.8. The molecule has 0 spiro atoms. The molecule has 4 heteroatoms. The van der Waals surface area contributed by atoms with E-state index in [9.17, 15) is 4.79 Å². The van der Waals surface area contributed by atoms with E-state index in [0.717, 1.165) is 25.8 Å². The van der Waals surface area contributed by atoms with Gasteiger partial charge in [-0.3, -0.25) is 10.1 Å². The van der Waals surface area contributed by atoms with Crippen LogP contribution in [-0.2, 0) is 4.79 Å². The topological polar surface area (TPSA) is 32.3 Å². The highest BCUT2D eigenvalue weighted by atomic mass is 32.2. The molecule has 1 amide bonds. The highest BCUT2D eigenvalue weighted by molar-refractivity contribution is 7.98. The van der Waals surface area contributed by atoms with Crippen LogP contribution in [0.5, 0.6) is 0 Å². The lowest BCUT2D eigenvalue weighted by Gasteiger charge is -2.23. The normalized spacial score (nSPS) is 25.1.